The van der Waals surface area contributed by atoms with Crippen LogP contribution >= 0.6 is 0 Å². The number of aliphatic hydroxyl groups is 1. The molecule has 2 unspecified atom stereocenters. The molecule has 0 fully saturated rings. The van der Waals surface area contributed by atoms with Gasteiger partial charge in [0.05, 0.1) is 29.4 Å². The molecular formula is C33H39N2O4+. The Bertz CT molecular complexity index is 1540. The Morgan fingerprint density at radius 2 is 1.74 bits per heavy atom. The molecule has 6 heteroatoms. The number of fused-ring (bicyclic) bond motifs is 2. The van der Waals surface area contributed by atoms with Crippen molar-refractivity contribution in [2.75, 3.05) is 13.2 Å². The maximum Gasteiger partial charge on any atom is 0.311 e. The van der Waals surface area contributed by atoms with Crippen molar-refractivity contribution in [2.24, 2.45) is 11.3 Å². The van der Waals surface area contributed by atoms with Crippen LogP contribution in [0, 0.1) is 18.3 Å². The van der Waals surface area contributed by atoms with E-state index >= 15 is 0 Å². The molecule has 2 heterocycles. The van der Waals surface area contributed by atoms with Crippen LogP contribution in [0.15, 0.2) is 54.3 Å². The van der Waals surface area contributed by atoms with Crippen molar-refractivity contribution in [3.63, 3.8) is 0 Å². The van der Waals surface area contributed by atoms with Gasteiger partial charge in [0.1, 0.15) is 12.3 Å². The van der Waals surface area contributed by atoms with Crippen LogP contribution < -0.4 is 0 Å². The Hall–Kier alpha value is -3.67. The van der Waals surface area contributed by atoms with Gasteiger partial charge in [0.25, 0.3) is 0 Å². The van der Waals surface area contributed by atoms with Gasteiger partial charge in [0, 0.05) is 47.3 Å². The van der Waals surface area contributed by atoms with E-state index in [-0.39, 0.29) is 23.4 Å². The average Bonchev–Trinajstić information content (AvgIpc) is 3.36. The highest BCUT2D eigenvalue weighted by atomic mass is 16.5. The molecule has 0 amide bonds. The van der Waals surface area contributed by atoms with Crippen molar-refractivity contribution < 1.29 is 24.0 Å². The molecule has 0 saturated heterocycles. The normalized spacial score (nSPS) is 19.1. The molecule has 1 N–H and O–H groups in total. The zero-order valence-electron chi connectivity index (χ0n) is 23.9. The van der Waals surface area contributed by atoms with Crippen molar-refractivity contribution in [1.82, 2.24) is 4.57 Å². The minimum absolute atomic E-state index is 0.00802. The molecule has 1 aliphatic heterocycles. The average molecular weight is 528 g/mol. The topological polar surface area (TPSA) is 71.5 Å². The third-order valence-electron chi connectivity index (χ3n) is 8.84. The van der Waals surface area contributed by atoms with E-state index < -0.39 is 11.3 Å². The van der Waals surface area contributed by atoms with Gasteiger partial charge in [-0.1, -0.05) is 43.3 Å². The molecule has 2 atom stereocenters. The van der Waals surface area contributed by atoms with Crippen LogP contribution in [0.1, 0.15) is 70.2 Å². The summed E-state index contributed by atoms with van der Waals surface area (Å²) in [4.78, 5) is 26.2. The summed E-state index contributed by atoms with van der Waals surface area (Å²) in [6, 6.07) is 16.2. The van der Waals surface area contributed by atoms with Crippen LogP contribution in [0.4, 0.5) is 5.69 Å². The van der Waals surface area contributed by atoms with Gasteiger partial charge in [0.2, 0.25) is 5.69 Å². The van der Waals surface area contributed by atoms with Crippen molar-refractivity contribution >= 4 is 39.6 Å². The smallest absolute Gasteiger partial charge is 0.311 e. The summed E-state index contributed by atoms with van der Waals surface area (Å²) in [5.41, 5.74) is 6.02. The maximum atomic E-state index is 13.9. The minimum Gasteiger partial charge on any atom is -0.511 e. The number of aliphatic hydroxyl groups excluding tert-OH is 1. The van der Waals surface area contributed by atoms with Crippen molar-refractivity contribution in [3.8, 4) is 0 Å². The first-order valence-electron chi connectivity index (χ1n) is 14.1. The molecule has 2 aromatic carbocycles. The number of ketones is 1. The fraction of sp³-hybridized carbons (Fsp3) is 0.424. The molecular weight excluding hydrogens is 488 g/mol. The van der Waals surface area contributed by atoms with Gasteiger partial charge >= 0.3 is 5.97 Å². The highest BCUT2D eigenvalue weighted by Crippen LogP contribution is 2.51. The Labute approximate surface area is 230 Å². The van der Waals surface area contributed by atoms with E-state index in [1.54, 1.807) is 0 Å². The molecule has 3 aromatic rings. The number of para-hydroxylation sites is 2. The lowest BCUT2D eigenvalue weighted by atomic mass is 9.68. The Balaban J connectivity index is 1.46. The zero-order chi connectivity index (χ0) is 28.1. The number of nitrogens with zero attached hydrogens (tertiary/aromatic N) is 2. The third kappa shape index (κ3) is 4.21. The highest BCUT2D eigenvalue weighted by molar-refractivity contribution is 6.33. The van der Waals surface area contributed by atoms with E-state index in [2.05, 4.69) is 35.1 Å². The number of allylic oxidation sites excluding steroid dienone is 2. The third-order valence-corrected chi connectivity index (χ3v) is 8.84. The van der Waals surface area contributed by atoms with Crippen LogP contribution in [0.25, 0.3) is 16.5 Å². The molecule has 0 saturated carbocycles. The highest BCUT2D eigenvalue weighted by Gasteiger charge is 2.52. The molecule has 0 spiro atoms. The molecule has 2 aliphatic rings. The Kier molecular flexibility index (Phi) is 7.00. The molecule has 204 valence electrons. The van der Waals surface area contributed by atoms with Crippen molar-refractivity contribution in [1.29, 1.82) is 0 Å². The van der Waals surface area contributed by atoms with Gasteiger partial charge in [-0.25, -0.2) is 0 Å². The fourth-order valence-corrected chi connectivity index (χ4v) is 6.23. The van der Waals surface area contributed by atoms with Gasteiger partial charge in [0.15, 0.2) is 11.5 Å². The predicted octanol–water partition coefficient (Wildman–Crippen LogP) is 6.71. The monoisotopic (exact) mass is 527 g/mol. The standard InChI is InChI=1S/C33H38N2O4/c1-7-33(5,6)32(38)39-19-13-18-35-21(4)27(23-15-10-12-17-25(23)35)29-30(36)28(31(29)37)26-20(3)34(8-2)24-16-11-9-14-22(24)26/h9-12,14-17,26,28H,7-8,13,18-19H2,1-6H3/p+1. The second-order valence-corrected chi connectivity index (χ2v) is 11.4. The quantitative estimate of drug-likeness (QED) is 0.191. The first-order chi connectivity index (χ1) is 18.6. The Morgan fingerprint density at radius 1 is 1.05 bits per heavy atom. The van der Waals surface area contributed by atoms with Crippen LogP contribution in [0.5, 0.6) is 0 Å². The number of aromatic nitrogens is 1. The number of rotatable bonds is 9. The van der Waals surface area contributed by atoms with Crippen LogP contribution in [-0.4, -0.2) is 44.9 Å². The van der Waals surface area contributed by atoms with E-state index in [9.17, 15) is 14.7 Å². The summed E-state index contributed by atoms with van der Waals surface area (Å²) in [7, 11) is 0. The lowest BCUT2D eigenvalue weighted by Crippen LogP contribution is -2.37. The van der Waals surface area contributed by atoms with Crippen LogP contribution in [-0.2, 0) is 20.9 Å². The molecule has 5 rings (SSSR count). The predicted molar refractivity (Wildman–Crippen MR) is 155 cm³/mol. The summed E-state index contributed by atoms with van der Waals surface area (Å²) in [6.45, 7) is 13.8. The fourth-order valence-electron chi connectivity index (χ4n) is 6.23. The van der Waals surface area contributed by atoms with Gasteiger partial charge in [-0.05, 0) is 46.6 Å². The number of benzene rings is 2. The first kappa shape index (κ1) is 26.9. The summed E-state index contributed by atoms with van der Waals surface area (Å²) >= 11 is 0. The summed E-state index contributed by atoms with van der Waals surface area (Å²) < 4.78 is 9.97. The van der Waals surface area contributed by atoms with Crippen molar-refractivity contribution in [3.05, 3.63) is 71.1 Å². The SMILES string of the molecule is CC[N+]1=C(C)C(C2C(=O)C(c3c(C)n(CCCOC(=O)C(C)(C)CC)c4ccccc34)=C2O)c2ccccc21. The molecule has 6 nitrogen and oxygen atoms in total. The summed E-state index contributed by atoms with van der Waals surface area (Å²) in [5, 5.41) is 12.4. The molecule has 1 aromatic heterocycles. The molecule has 0 bridgehead atoms. The van der Waals surface area contributed by atoms with Gasteiger partial charge < -0.3 is 14.4 Å². The van der Waals surface area contributed by atoms with E-state index in [4.69, 9.17) is 4.74 Å². The number of Topliss-reactive ketones (excluding diaryl/α,β-unsaturated/α-hetero) is 1. The number of hydrogen-bond acceptors (Lipinski definition) is 4. The lowest BCUT2D eigenvalue weighted by Gasteiger charge is -2.31. The maximum absolute atomic E-state index is 13.9. The molecule has 1 aliphatic carbocycles. The summed E-state index contributed by atoms with van der Waals surface area (Å²) in [5.74, 6) is -0.734. The van der Waals surface area contributed by atoms with Gasteiger partial charge in [-0.2, -0.15) is 4.58 Å². The van der Waals surface area contributed by atoms with Crippen LogP contribution in [0.3, 0.4) is 0 Å². The van der Waals surface area contributed by atoms with Gasteiger partial charge in [-0.3, -0.25) is 9.59 Å². The molecule has 39 heavy (non-hydrogen) atoms. The van der Waals surface area contributed by atoms with E-state index in [1.165, 1.54) is 0 Å². The number of aryl methyl sites for hydroxylation is 1. The van der Waals surface area contributed by atoms with Gasteiger partial charge in [-0.15, -0.1) is 0 Å². The number of esters is 1. The summed E-state index contributed by atoms with van der Waals surface area (Å²) in [6.07, 6.45) is 1.39. The Morgan fingerprint density at radius 3 is 2.44 bits per heavy atom. The number of ether oxygens (including phenoxy) is 1. The van der Waals surface area contributed by atoms with Crippen molar-refractivity contribution in [2.45, 2.75) is 66.8 Å². The van der Waals surface area contributed by atoms with E-state index in [1.807, 2.05) is 64.1 Å². The number of carbonyl (C=O) groups is 2. The number of carbonyl (C=O) groups excluding carboxylic acids is 2. The minimum atomic E-state index is -0.569. The lowest BCUT2D eigenvalue weighted by molar-refractivity contribution is -0.434. The van der Waals surface area contributed by atoms with Crippen LogP contribution in [0.2, 0.25) is 0 Å². The second kappa shape index (κ2) is 10.1. The molecule has 0 radical (unpaired) electrons. The number of hydrogen-bond donors (Lipinski definition) is 1. The van der Waals surface area contributed by atoms with E-state index in [0.717, 1.165) is 52.1 Å². The largest absolute Gasteiger partial charge is 0.511 e. The zero-order valence-corrected chi connectivity index (χ0v) is 23.9. The van der Waals surface area contributed by atoms with E-state index in [0.29, 0.717) is 25.1 Å². The first-order valence-corrected chi connectivity index (χ1v) is 14.1. The second-order valence-electron chi connectivity index (χ2n) is 11.4.